The maximum absolute atomic E-state index is 14.0. The lowest BCUT2D eigenvalue weighted by Crippen LogP contribution is -2.61. The number of aromatic nitrogens is 1. The lowest BCUT2D eigenvalue weighted by molar-refractivity contribution is -0.127. The number of carbonyl (C=O) groups excluding carboxylic acids is 1. The summed E-state index contributed by atoms with van der Waals surface area (Å²) in [6.45, 7) is 4.84. The zero-order chi connectivity index (χ0) is 31.7. The Morgan fingerprint density at radius 1 is 0.909 bits per heavy atom. The molecule has 0 bridgehead atoms. The molecule has 5 rings (SSSR count). The Labute approximate surface area is 258 Å². The minimum Gasteiger partial charge on any atom is -0.394 e. The van der Waals surface area contributed by atoms with Crippen LogP contribution in [0.1, 0.15) is 37.9 Å². The number of benzene rings is 3. The lowest BCUT2D eigenvalue weighted by Gasteiger charge is -2.39. The summed E-state index contributed by atoms with van der Waals surface area (Å²) in [5, 5.41) is 13.4. The van der Waals surface area contributed by atoms with Crippen molar-refractivity contribution in [2.24, 2.45) is 0 Å². The summed E-state index contributed by atoms with van der Waals surface area (Å²) in [5.41, 5.74) is 2.03. The quantitative estimate of drug-likeness (QED) is 0.302. The SMILES string of the molecule is CC(C)(C)c1ccc(S(=O)(=O)N2CCN(S(=O)(=O)c3ccc4ncccc4c3)[C@@H](C(=O)N[C@H](CO)c3ccccc3)C2)cc1. The molecule has 4 aromatic rings. The number of aliphatic hydroxyl groups excluding tert-OH is 1. The molecule has 0 spiro atoms. The number of hydrogen-bond donors (Lipinski definition) is 2. The first-order chi connectivity index (χ1) is 20.8. The van der Waals surface area contributed by atoms with Crippen LogP contribution in [-0.4, -0.2) is 73.7 Å². The highest BCUT2D eigenvalue weighted by molar-refractivity contribution is 7.89. The van der Waals surface area contributed by atoms with Gasteiger partial charge in [-0.25, -0.2) is 16.8 Å². The molecule has 3 aromatic carbocycles. The highest BCUT2D eigenvalue weighted by atomic mass is 32.2. The summed E-state index contributed by atoms with van der Waals surface area (Å²) < 4.78 is 57.8. The third-order valence-corrected chi connectivity index (χ3v) is 11.6. The van der Waals surface area contributed by atoms with E-state index in [1.807, 2.05) is 20.8 Å². The summed E-state index contributed by atoms with van der Waals surface area (Å²) in [6.07, 6.45) is 1.61. The van der Waals surface area contributed by atoms with Crippen LogP contribution in [0.15, 0.2) is 101 Å². The Morgan fingerprint density at radius 2 is 1.59 bits per heavy atom. The fourth-order valence-electron chi connectivity index (χ4n) is 5.27. The number of fused-ring (bicyclic) bond motifs is 1. The van der Waals surface area contributed by atoms with E-state index >= 15 is 0 Å². The van der Waals surface area contributed by atoms with Gasteiger partial charge in [0, 0.05) is 31.2 Å². The second-order valence-corrected chi connectivity index (χ2v) is 15.6. The molecule has 2 N–H and O–H groups in total. The van der Waals surface area contributed by atoms with Crippen molar-refractivity contribution in [3.63, 3.8) is 0 Å². The van der Waals surface area contributed by atoms with Crippen LogP contribution in [0.2, 0.25) is 0 Å². The monoisotopic (exact) mass is 636 g/mol. The molecule has 1 aromatic heterocycles. The van der Waals surface area contributed by atoms with E-state index in [0.29, 0.717) is 16.5 Å². The first-order valence-electron chi connectivity index (χ1n) is 14.3. The maximum atomic E-state index is 14.0. The molecular formula is C32H36N4O6S2. The van der Waals surface area contributed by atoms with Crippen LogP contribution in [0.5, 0.6) is 0 Å². The van der Waals surface area contributed by atoms with E-state index in [-0.39, 0.29) is 28.3 Å². The van der Waals surface area contributed by atoms with Gasteiger partial charge in [-0.2, -0.15) is 8.61 Å². The maximum Gasteiger partial charge on any atom is 0.243 e. The van der Waals surface area contributed by atoms with Crippen molar-refractivity contribution in [3.05, 3.63) is 102 Å². The molecule has 1 saturated heterocycles. The normalized spacial score (nSPS) is 17.8. The van der Waals surface area contributed by atoms with Gasteiger partial charge in [0.15, 0.2) is 0 Å². The summed E-state index contributed by atoms with van der Waals surface area (Å²) in [6, 6.07) is 21.1. The van der Waals surface area contributed by atoms with Crippen molar-refractivity contribution < 1.29 is 26.7 Å². The average Bonchev–Trinajstić information content (AvgIpc) is 3.03. The highest BCUT2D eigenvalue weighted by Gasteiger charge is 2.44. The summed E-state index contributed by atoms with van der Waals surface area (Å²) in [4.78, 5) is 18.1. The van der Waals surface area contributed by atoms with Crippen molar-refractivity contribution in [2.45, 2.75) is 48.1 Å². The third kappa shape index (κ3) is 6.40. The number of nitrogens with one attached hydrogen (secondary N) is 1. The highest BCUT2D eigenvalue weighted by Crippen LogP contribution is 2.29. The molecule has 1 aliphatic heterocycles. The molecule has 44 heavy (non-hydrogen) atoms. The molecule has 0 unspecified atom stereocenters. The first-order valence-corrected chi connectivity index (χ1v) is 17.1. The van der Waals surface area contributed by atoms with Crippen molar-refractivity contribution in [3.8, 4) is 0 Å². The number of sulfonamides is 2. The molecule has 232 valence electrons. The van der Waals surface area contributed by atoms with Crippen molar-refractivity contribution in [2.75, 3.05) is 26.2 Å². The van der Waals surface area contributed by atoms with E-state index < -0.39 is 51.2 Å². The molecule has 2 heterocycles. The summed E-state index contributed by atoms with van der Waals surface area (Å²) in [5.74, 6) is -0.720. The largest absolute Gasteiger partial charge is 0.394 e. The Hall–Kier alpha value is -3.68. The van der Waals surface area contributed by atoms with E-state index in [0.717, 1.165) is 14.2 Å². The van der Waals surface area contributed by atoms with Crippen molar-refractivity contribution in [1.29, 1.82) is 0 Å². The molecule has 1 fully saturated rings. The standard InChI is InChI=1S/C32H36N4O6S2/c1-32(2,3)25-11-13-26(14-12-25)43(39,40)35-18-19-36(44(41,42)27-15-16-28-24(20-27)10-7-17-33-28)30(21-35)31(38)34-29(22-37)23-8-5-4-6-9-23/h4-17,20,29-30,37H,18-19,21-22H2,1-3H3,(H,34,38)/t29-,30-/m1/s1. The second kappa shape index (κ2) is 12.4. The van der Waals surface area contributed by atoms with E-state index in [9.17, 15) is 26.7 Å². The van der Waals surface area contributed by atoms with E-state index in [2.05, 4.69) is 10.3 Å². The van der Waals surface area contributed by atoms with E-state index in [1.54, 1.807) is 66.9 Å². The van der Waals surface area contributed by atoms with Gasteiger partial charge in [0.25, 0.3) is 0 Å². The molecule has 0 aliphatic carbocycles. The van der Waals surface area contributed by atoms with Gasteiger partial charge in [-0.3, -0.25) is 9.78 Å². The Balaban J connectivity index is 1.49. The van der Waals surface area contributed by atoms with Gasteiger partial charge >= 0.3 is 0 Å². The average molecular weight is 637 g/mol. The zero-order valence-electron chi connectivity index (χ0n) is 24.8. The van der Waals surface area contributed by atoms with Crippen LogP contribution in [0.4, 0.5) is 0 Å². The molecule has 1 amide bonds. The van der Waals surface area contributed by atoms with Gasteiger partial charge < -0.3 is 10.4 Å². The van der Waals surface area contributed by atoms with Gasteiger partial charge in [-0.1, -0.05) is 69.3 Å². The number of piperazine rings is 1. The van der Waals surface area contributed by atoms with Gasteiger partial charge in [0.05, 0.1) is 28.0 Å². The fourth-order valence-corrected chi connectivity index (χ4v) is 8.32. The van der Waals surface area contributed by atoms with Gasteiger partial charge in [0.1, 0.15) is 6.04 Å². The number of pyridine rings is 1. The molecule has 1 aliphatic rings. The zero-order valence-corrected chi connectivity index (χ0v) is 26.4. The number of nitrogens with zero attached hydrogens (tertiary/aromatic N) is 3. The van der Waals surface area contributed by atoms with Crippen LogP contribution in [0.25, 0.3) is 10.9 Å². The van der Waals surface area contributed by atoms with E-state index in [4.69, 9.17) is 0 Å². The van der Waals surface area contributed by atoms with Crippen LogP contribution >= 0.6 is 0 Å². The molecular weight excluding hydrogens is 601 g/mol. The fraction of sp³-hybridized carbons (Fsp3) is 0.312. The summed E-state index contributed by atoms with van der Waals surface area (Å²) in [7, 11) is -8.31. The van der Waals surface area contributed by atoms with E-state index in [1.165, 1.54) is 24.3 Å². The predicted octanol–water partition coefficient (Wildman–Crippen LogP) is 3.45. The minimum absolute atomic E-state index is 0.0355. The predicted molar refractivity (Wildman–Crippen MR) is 168 cm³/mol. The molecule has 10 nitrogen and oxygen atoms in total. The number of aliphatic hydroxyl groups is 1. The Bertz CT molecular complexity index is 1860. The number of hydrogen-bond acceptors (Lipinski definition) is 7. The van der Waals surface area contributed by atoms with Gasteiger partial charge in [-0.05, 0) is 52.9 Å². The molecule has 0 radical (unpaired) electrons. The number of carbonyl (C=O) groups is 1. The summed E-state index contributed by atoms with van der Waals surface area (Å²) >= 11 is 0. The number of amides is 1. The minimum atomic E-state index is -4.25. The first kappa shape index (κ1) is 31.7. The lowest BCUT2D eigenvalue weighted by atomic mass is 9.87. The Kier molecular flexibility index (Phi) is 8.92. The van der Waals surface area contributed by atoms with Gasteiger partial charge in [0.2, 0.25) is 26.0 Å². The molecule has 12 heteroatoms. The van der Waals surface area contributed by atoms with Crippen LogP contribution in [-0.2, 0) is 30.3 Å². The van der Waals surface area contributed by atoms with Crippen LogP contribution in [0, 0.1) is 0 Å². The van der Waals surface area contributed by atoms with Crippen LogP contribution in [0.3, 0.4) is 0 Å². The van der Waals surface area contributed by atoms with Crippen LogP contribution < -0.4 is 5.32 Å². The molecule has 2 atom stereocenters. The second-order valence-electron chi connectivity index (χ2n) is 11.8. The topological polar surface area (TPSA) is 137 Å². The van der Waals surface area contributed by atoms with Gasteiger partial charge in [-0.15, -0.1) is 0 Å². The third-order valence-electron chi connectivity index (χ3n) is 7.84. The smallest absolute Gasteiger partial charge is 0.243 e. The Morgan fingerprint density at radius 3 is 2.25 bits per heavy atom. The van der Waals surface area contributed by atoms with Crippen molar-refractivity contribution in [1.82, 2.24) is 18.9 Å². The molecule has 0 saturated carbocycles. The number of rotatable bonds is 8. The van der Waals surface area contributed by atoms with Crippen molar-refractivity contribution >= 4 is 36.9 Å².